The number of fused-ring (bicyclic) bond motifs is 1. The van der Waals surface area contributed by atoms with Crippen molar-refractivity contribution in [3.05, 3.63) is 29.8 Å². The van der Waals surface area contributed by atoms with Gasteiger partial charge in [-0.25, -0.2) is 0 Å². The van der Waals surface area contributed by atoms with Gasteiger partial charge in [0.25, 0.3) is 0 Å². The first-order valence-electron chi connectivity index (χ1n) is 6.54. The molecule has 1 unspecified atom stereocenters. The van der Waals surface area contributed by atoms with Crippen molar-refractivity contribution >= 4 is 17.7 Å². The molecule has 0 aliphatic carbocycles. The number of benzene rings is 1. The van der Waals surface area contributed by atoms with E-state index in [1.54, 1.807) is 11.8 Å². The molecule has 2 aliphatic rings. The lowest BCUT2D eigenvalue weighted by Gasteiger charge is -2.39. The number of hydrogen-bond acceptors (Lipinski definition) is 3. The lowest BCUT2D eigenvalue weighted by molar-refractivity contribution is -0.135. The van der Waals surface area contributed by atoms with E-state index in [1.165, 1.54) is 10.5 Å². The van der Waals surface area contributed by atoms with Crippen LogP contribution in [-0.2, 0) is 4.79 Å². The number of carbonyl (C=O) groups is 1. The minimum Gasteiger partial charge on any atom is -0.337 e. The van der Waals surface area contributed by atoms with Crippen LogP contribution in [0.25, 0.3) is 0 Å². The number of amides is 1. The third kappa shape index (κ3) is 1.93. The highest BCUT2D eigenvalue weighted by Crippen LogP contribution is 2.40. The van der Waals surface area contributed by atoms with Gasteiger partial charge in [-0.2, -0.15) is 0 Å². The Morgan fingerprint density at radius 1 is 1.44 bits per heavy atom. The normalized spacial score (nSPS) is 22.4. The first-order valence-corrected chi connectivity index (χ1v) is 7.52. The average Bonchev–Trinajstić information content (AvgIpc) is 2.76. The van der Waals surface area contributed by atoms with Gasteiger partial charge in [0, 0.05) is 30.3 Å². The topological polar surface area (TPSA) is 32.3 Å². The second-order valence-corrected chi connectivity index (χ2v) is 5.90. The van der Waals surface area contributed by atoms with Gasteiger partial charge in [0.15, 0.2) is 0 Å². The van der Waals surface area contributed by atoms with Crippen molar-refractivity contribution < 1.29 is 4.79 Å². The van der Waals surface area contributed by atoms with Crippen LogP contribution in [0.15, 0.2) is 29.2 Å². The van der Waals surface area contributed by atoms with Crippen LogP contribution in [0.2, 0.25) is 0 Å². The molecule has 2 aliphatic heterocycles. The smallest absolute Gasteiger partial charge is 0.231 e. The molecule has 1 saturated heterocycles. The fraction of sp³-hybridized carbons (Fsp3) is 0.500. The van der Waals surface area contributed by atoms with Crippen molar-refractivity contribution in [2.24, 2.45) is 0 Å². The minimum absolute atomic E-state index is 0.0618. The Balaban J connectivity index is 1.80. The van der Waals surface area contributed by atoms with E-state index in [2.05, 4.69) is 24.4 Å². The quantitative estimate of drug-likeness (QED) is 0.900. The maximum atomic E-state index is 12.7. The molecule has 3 rings (SSSR count). The second-order valence-electron chi connectivity index (χ2n) is 4.84. The highest BCUT2D eigenvalue weighted by molar-refractivity contribution is 7.99. The van der Waals surface area contributed by atoms with Gasteiger partial charge >= 0.3 is 0 Å². The van der Waals surface area contributed by atoms with Crippen molar-refractivity contribution in [3.8, 4) is 0 Å². The lowest BCUT2D eigenvalue weighted by Crippen LogP contribution is -2.59. The third-order valence-electron chi connectivity index (χ3n) is 3.82. The van der Waals surface area contributed by atoms with Crippen LogP contribution in [0.1, 0.15) is 18.4 Å². The van der Waals surface area contributed by atoms with E-state index in [0.29, 0.717) is 11.9 Å². The molecule has 0 spiro atoms. The number of nitrogens with zero attached hydrogens (tertiary/aromatic N) is 1. The summed E-state index contributed by atoms with van der Waals surface area (Å²) in [5, 5.41) is 3.24. The summed E-state index contributed by atoms with van der Waals surface area (Å²) in [5.74, 6) is 1.27. The molecule has 2 heterocycles. The summed E-state index contributed by atoms with van der Waals surface area (Å²) in [5.41, 5.74) is 1.22. The van der Waals surface area contributed by atoms with Crippen LogP contribution < -0.4 is 5.32 Å². The zero-order chi connectivity index (χ0) is 12.5. The number of carbonyl (C=O) groups excluding carboxylic acids is 1. The van der Waals surface area contributed by atoms with Gasteiger partial charge < -0.3 is 10.2 Å². The van der Waals surface area contributed by atoms with E-state index in [0.717, 1.165) is 25.4 Å². The molecule has 1 N–H and O–H groups in total. The van der Waals surface area contributed by atoms with Crippen molar-refractivity contribution in [1.29, 1.82) is 0 Å². The second kappa shape index (κ2) is 4.94. The van der Waals surface area contributed by atoms with Crippen LogP contribution in [0, 0.1) is 0 Å². The van der Waals surface area contributed by atoms with Crippen LogP contribution >= 0.6 is 11.8 Å². The molecule has 96 valence electrons. The molecule has 0 bridgehead atoms. The van der Waals surface area contributed by atoms with Crippen molar-refractivity contribution in [2.45, 2.75) is 23.8 Å². The molecule has 0 saturated carbocycles. The summed E-state index contributed by atoms with van der Waals surface area (Å²) >= 11 is 1.81. The van der Waals surface area contributed by atoms with E-state index >= 15 is 0 Å². The van der Waals surface area contributed by atoms with Gasteiger partial charge in [-0.05, 0) is 18.6 Å². The maximum Gasteiger partial charge on any atom is 0.231 e. The van der Waals surface area contributed by atoms with Gasteiger partial charge in [-0.15, -0.1) is 11.8 Å². The van der Waals surface area contributed by atoms with Crippen LogP contribution in [0.3, 0.4) is 0 Å². The predicted molar refractivity (Wildman–Crippen MR) is 74.0 cm³/mol. The summed E-state index contributed by atoms with van der Waals surface area (Å²) in [7, 11) is 0. The average molecular weight is 262 g/mol. The molecule has 1 fully saturated rings. The first kappa shape index (κ1) is 12.1. The van der Waals surface area contributed by atoms with E-state index in [1.807, 2.05) is 17.0 Å². The van der Waals surface area contributed by atoms with Crippen molar-refractivity contribution in [3.63, 3.8) is 0 Å². The predicted octanol–water partition coefficient (Wildman–Crippen LogP) is 1.70. The standard InChI is InChI=1S/C14H18N2OS/c1-2-16(10-7-15-8-10)14(17)12-9-18-13-6-4-3-5-11(12)13/h3-6,10,12,15H,2,7-9H2,1H3. The number of nitrogens with one attached hydrogen (secondary N) is 1. The van der Waals surface area contributed by atoms with Crippen LogP contribution in [0.5, 0.6) is 0 Å². The summed E-state index contributed by atoms with van der Waals surface area (Å²) in [6.45, 7) is 4.78. The van der Waals surface area contributed by atoms with Crippen molar-refractivity contribution in [1.82, 2.24) is 10.2 Å². The Labute approximate surface area is 112 Å². The molecule has 1 aromatic rings. The largest absolute Gasteiger partial charge is 0.337 e. The van der Waals surface area contributed by atoms with Gasteiger partial charge in [-0.3, -0.25) is 4.79 Å². The molecule has 4 heteroatoms. The highest BCUT2D eigenvalue weighted by atomic mass is 32.2. The molecule has 18 heavy (non-hydrogen) atoms. The molecular weight excluding hydrogens is 244 g/mol. The Kier molecular flexibility index (Phi) is 3.31. The fourth-order valence-corrected chi connectivity index (χ4v) is 3.88. The highest BCUT2D eigenvalue weighted by Gasteiger charge is 2.35. The number of likely N-dealkylation sites (N-methyl/N-ethyl adjacent to an activating group) is 1. The molecule has 1 atom stereocenters. The zero-order valence-corrected chi connectivity index (χ0v) is 11.4. The molecular formula is C14H18N2OS. The van der Waals surface area contributed by atoms with Crippen LogP contribution in [0.4, 0.5) is 0 Å². The summed E-state index contributed by atoms with van der Waals surface area (Å²) in [6, 6.07) is 8.71. The molecule has 3 nitrogen and oxygen atoms in total. The Morgan fingerprint density at radius 2 is 2.22 bits per heavy atom. The molecule has 0 radical (unpaired) electrons. The van der Waals surface area contributed by atoms with E-state index < -0.39 is 0 Å². The van der Waals surface area contributed by atoms with E-state index in [-0.39, 0.29) is 5.92 Å². The lowest BCUT2D eigenvalue weighted by atomic mass is 9.98. The Morgan fingerprint density at radius 3 is 2.89 bits per heavy atom. The number of rotatable bonds is 3. The number of hydrogen-bond donors (Lipinski definition) is 1. The summed E-state index contributed by atoms with van der Waals surface area (Å²) in [6.07, 6.45) is 0. The molecule has 0 aromatic heterocycles. The Hall–Kier alpha value is -1.00. The van der Waals surface area contributed by atoms with Crippen LogP contribution in [-0.4, -0.2) is 42.2 Å². The van der Waals surface area contributed by atoms with Gasteiger partial charge in [0.1, 0.15) is 0 Å². The molecule has 1 aromatic carbocycles. The Bertz CT molecular complexity index is 459. The minimum atomic E-state index is 0.0618. The van der Waals surface area contributed by atoms with Crippen molar-refractivity contribution in [2.75, 3.05) is 25.4 Å². The fourth-order valence-electron chi connectivity index (χ4n) is 2.66. The van der Waals surface area contributed by atoms with Gasteiger partial charge in [-0.1, -0.05) is 18.2 Å². The maximum absolute atomic E-state index is 12.7. The zero-order valence-electron chi connectivity index (χ0n) is 10.6. The van der Waals surface area contributed by atoms with Gasteiger partial charge in [0.05, 0.1) is 12.0 Å². The van der Waals surface area contributed by atoms with E-state index in [4.69, 9.17) is 0 Å². The molecule has 1 amide bonds. The van der Waals surface area contributed by atoms with E-state index in [9.17, 15) is 4.79 Å². The monoisotopic (exact) mass is 262 g/mol. The third-order valence-corrected chi connectivity index (χ3v) is 5.01. The summed E-state index contributed by atoms with van der Waals surface area (Å²) < 4.78 is 0. The van der Waals surface area contributed by atoms with Gasteiger partial charge in [0.2, 0.25) is 5.91 Å². The first-order chi connectivity index (χ1) is 8.81. The number of thioether (sulfide) groups is 1. The summed E-state index contributed by atoms with van der Waals surface area (Å²) in [4.78, 5) is 16.0. The SMILES string of the molecule is CCN(C(=O)C1CSc2ccccc21)C1CNC1.